The number of hydrogen-bond acceptors (Lipinski definition) is 3. The van der Waals surface area contributed by atoms with Crippen molar-refractivity contribution in [3.63, 3.8) is 0 Å². The lowest BCUT2D eigenvalue weighted by molar-refractivity contribution is -0.137. The number of rotatable bonds is 5. The molecule has 0 bridgehead atoms. The Balaban J connectivity index is 2.70. The van der Waals surface area contributed by atoms with Crippen LogP contribution in [0.4, 0.5) is 0 Å². The van der Waals surface area contributed by atoms with E-state index < -0.39 is 5.97 Å². The zero-order chi connectivity index (χ0) is 14.6. The number of amides is 1. The molecule has 0 saturated heterocycles. The molecule has 0 aliphatic heterocycles. The van der Waals surface area contributed by atoms with Crippen LogP contribution in [-0.2, 0) is 16.6 Å². The first kappa shape index (κ1) is 15.2. The summed E-state index contributed by atoms with van der Waals surface area (Å²) in [5, 5.41) is 13.1. The Morgan fingerprint density at radius 2 is 2.16 bits per heavy atom. The zero-order valence-electron chi connectivity index (χ0n) is 11.1. The zero-order valence-corrected chi connectivity index (χ0v) is 11.8. The predicted octanol–water partition coefficient (Wildman–Crippen LogP) is 1.33. The Bertz CT molecular complexity index is 523. The van der Waals surface area contributed by atoms with Gasteiger partial charge in [-0.2, -0.15) is 5.10 Å². The molecule has 0 saturated carbocycles. The predicted molar refractivity (Wildman–Crippen MR) is 71.9 cm³/mol. The van der Waals surface area contributed by atoms with E-state index in [2.05, 4.69) is 5.10 Å². The summed E-state index contributed by atoms with van der Waals surface area (Å²) in [5.74, 6) is -1.21. The van der Waals surface area contributed by atoms with E-state index in [1.54, 1.807) is 27.1 Å². The highest BCUT2D eigenvalue weighted by Gasteiger charge is 2.10. The summed E-state index contributed by atoms with van der Waals surface area (Å²) in [6.07, 6.45) is 2.87. The molecule has 104 valence electrons. The van der Waals surface area contributed by atoms with E-state index in [1.165, 1.54) is 15.7 Å². The topological polar surface area (TPSA) is 75.4 Å². The van der Waals surface area contributed by atoms with Gasteiger partial charge in [0.1, 0.15) is 5.15 Å². The molecule has 1 N–H and O–H groups in total. The van der Waals surface area contributed by atoms with E-state index in [9.17, 15) is 9.59 Å². The van der Waals surface area contributed by atoms with Gasteiger partial charge in [-0.15, -0.1) is 0 Å². The lowest BCUT2D eigenvalue weighted by Gasteiger charge is -2.13. The monoisotopic (exact) mass is 285 g/mol. The fourth-order valence-corrected chi connectivity index (χ4v) is 1.73. The van der Waals surface area contributed by atoms with Gasteiger partial charge in [0.2, 0.25) is 5.91 Å². The van der Waals surface area contributed by atoms with E-state index in [1.807, 2.05) is 0 Å². The van der Waals surface area contributed by atoms with Gasteiger partial charge in [0.05, 0.1) is 12.1 Å². The van der Waals surface area contributed by atoms with Gasteiger partial charge in [0.25, 0.3) is 0 Å². The van der Waals surface area contributed by atoms with Crippen molar-refractivity contribution in [2.45, 2.75) is 13.3 Å². The molecule has 0 radical (unpaired) electrons. The van der Waals surface area contributed by atoms with Gasteiger partial charge < -0.3 is 10.0 Å². The number of carboxylic acids is 1. The number of aliphatic carboxylic acids is 1. The van der Waals surface area contributed by atoms with Crippen molar-refractivity contribution >= 4 is 29.6 Å². The SMILES string of the molecule is Cc1nn(C)c(Cl)c1C=CC(=O)N(C)CCC(=O)O. The maximum Gasteiger partial charge on any atom is 0.305 e. The molecule has 0 fully saturated rings. The number of aryl methyl sites for hydroxylation is 2. The molecule has 1 amide bonds. The Labute approximate surface area is 116 Å². The standard InChI is InChI=1S/C12H16ClN3O3/c1-8-9(12(13)16(3)14-8)4-5-10(17)15(2)7-6-11(18)19/h4-5H,6-7H2,1-3H3,(H,18,19). The van der Waals surface area contributed by atoms with E-state index in [0.29, 0.717) is 10.7 Å². The number of carbonyl (C=O) groups excluding carboxylic acids is 1. The summed E-state index contributed by atoms with van der Waals surface area (Å²) in [7, 11) is 3.26. The van der Waals surface area contributed by atoms with Crippen molar-refractivity contribution in [2.75, 3.05) is 13.6 Å². The van der Waals surface area contributed by atoms with Gasteiger partial charge in [-0.25, -0.2) is 0 Å². The van der Waals surface area contributed by atoms with Gasteiger partial charge in [-0.3, -0.25) is 14.3 Å². The summed E-state index contributed by atoms with van der Waals surface area (Å²) in [5.41, 5.74) is 1.41. The number of likely N-dealkylation sites (N-methyl/N-ethyl adjacent to an activating group) is 1. The fraction of sp³-hybridized carbons (Fsp3) is 0.417. The third-order valence-electron chi connectivity index (χ3n) is 2.63. The van der Waals surface area contributed by atoms with Gasteiger partial charge in [0.15, 0.2) is 0 Å². The normalized spacial score (nSPS) is 10.9. The molecule has 0 aliphatic carbocycles. The highest BCUT2D eigenvalue weighted by molar-refractivity contribution is 6.31. The average Bonchev–Trinajstić information content (AvgIpc) is 2.58. The lowest BCUT2D eigenvalue weighted by Crippen LogP contribution is -2.27. The van der Waals surface area contributed by atoms with Crippen molar-refractivity contribution in [2.24, 2.45) is 7.05 Å². The highest BCUT2D eigenvalue weighted by atomic mass is 35.5. The molecule has 1 aromatic heterocycles. The molecule has 0 unspecified atom stereocenters. The Morgan fingerprint density at radius 1 is 1.53 bits per heavy atom. The molecular formula is C12H16ClN3O3. The van der Waals surface area contributed by atoms with Crippen molar-refractivity contribution < 1.29 is 14.7 Å². The van der Waals surface area contributed by atoms with E-state index >= 15 is 0 Å². The molecule has 1 aromatic rings. The Morgan fingerprint density at radius 3 is 2.63 bits per heavy atom. The van der Waals surface area contributed by atoms with Gasteiger partial charge >= 0.3 is 5.97 Å². The average molecular weight is 286 g/mol. The Hall–Kier alpha value is -1.82. The molecule has 0 aromatic carbocycles. The Kier molecular flexibility index (Phi) is 5.11. The van der Waals surface area contributed by atoms with E-state index in [4.69, 9.17) is 16.7 Å². The number of halogens is 1. The van der Waals surface area contributed by atoms with Crippen LogP contribution in [0.15, 0.2) is 6.08 Å². The molecule has 6 nitrogen and oxygen atoms in total. The van der Waals surface area contributed by atoms with Crippen LogP contribution >= 0.6 is 11.6 Å². The largest absolute Gasteiger partial charge is 0.481 e. The highest BCUT2D eigenvalue weighted by Crippen LogP contribution is 2.19. The van der Waals surface area contributed by atoms with E-state index in [-0.39, 0.29) is 18.9 Å². The number of carbonyl (C=O) groups is 2. The number of nitrogens with zero attached hydrogens (tertiary/aromatic N) is 3. The molecule has 19 heavy (non-hydrogen) atoms. The van der Waals surface area contributed by atoms with Gasteiger partial charge in [0, 0.05) is 32.3 Å². The van der Waals surface area contributed by atoms with Crippen molar-refractivity contribution in [3.8, 4) is 0 Å². The first-order valence-electron chi connectivity index (χ1n) is 5.67. The van der Waals surface area contributed by atoms with E-state index in [0.717, 1.165) is 5.69 Å². The maximum absolute atomic E-state index is 11.7. The summed E-state index contributed by atoms with van der Waals surface area (Å²) < 4.78 is 1.52. The first-order valence-corrected chi connectivity index (χ1v) is 6.04. The van der Waals surface area contributed by atoms with Crippen LogP contribution in [-0.4, -0.2) is 45.3 Å². The molecule has 1 heterocycles. The van der Waals surface area contributed by atoms with Crippen LogP contribution in [0.5, 0.6) is 0 Å². The summed E-state index contributed by atoms with van der Waals surface area (Å²) in [6, 6.07) is 0. The molecule has 1 rings (SSSR count). The lowest BCUT2D eigenvalue weighted by atomic mass is 10.2. The van der Waals surface area contributed by atoms with Crippen LogP contribution < -0.4 is 0 Å². The van der Waals surface area contributed by atoms with Crippen LogP contribution in [0.25, 0.3) is 6.08 Å². The van der Waals surface area contributed by atoms with Crippen LogP contribution in [0.1, 0.15) is 17.7 Å². The van der Waals surface area contributed by atoms with Crippen molar-refractivity contribution in [1.29, 1.82) is 0 Å². The number of carboxylic acid groups (broad SMARTS) is 1. The van der Waals surface area contributed by atoms with Crippen LogP contribution in [0.2, 0.25) is 5.15 Å². The minimum atomic E-state index is -0.935. The van der Waals surface area contributed by atoms with Crippen LogP contribution in [0, 0.1) is 6.92 Å². The van der Waals surface area contributed by atoms with Gasteiger partial charge in [-0.05, 0) is 13.0 Å². The molecule has 0 aliphatic rings. The molecule has 7 heteroatoms. The molecule has 0 atom stereocenters. The maximum atomic E-state index is 11.7. The minimum absolute atomic E-state index is 0.0806. The van der Waals surface area contributed by atoms with Crippen molar-refractivity contribution in [3.05, 3.63) is 22.5 Å². The smallest absolute Gasteiger partial charge is 0.305 e. The summed E-state index contributed by atoms with van der Waals surface area (Å²) in [4.78, 5) is 23.5. The third kappa shape index (κ3) is 4.10. The number of aromatic nitrogens is 2. The summed E-state index contributed by atoms with van der Waals surface area (Å²) in [6.45, 7) is 1.96. The minimum Gasteiger partial charge on any atom is -0.481 e. The third-order valence-corrected chi connectivity index (χ3v) is 3.07. The second kappa shape index (κ2) is 6.38. The summed E-state index contributed by atoms with van der Waals surface area (Å²) >= 11 is 6.03. The van der Waals surface area contributed by atoms with Gasteiger partial charge in [-0.1, -0.05) is 11.6 Å². The molecular weight excluding hydrogens is 270 g/mol. The molecule has 0 spiro atoms. The number of hydrogen-bond donors (Lipinski definition) is 1. The second-order valence-corrected chi connectivity index (χ2v) is 4.51. The quantitative estimate of drug-likeness (QED) is 0.828. The van der Waals surface area contributed by atoms with Crippen molar-refractivity contribution in [1.82, 2.24) is 14.7 Å². The second-order valence-electron chi connectivity index (χ2n) is 4.15. The fourth-order valence-electron chi connectivity index (χ4n) is 1.49. The van der Waals surface area contributed by atoms with Crippen LogP contribution in [0.3, 0.4) is 0 Å². The first-order chi connectivity index (χ1) is 8.82.